The van der Waals surface area contributed by atoms with E-state index in [0.717, 1.165) is 54.3 Å². The van der Waals surface area contributed by atoms with Crippen molar-refractivity contribution >= 4 is 5.91 Å². The molecule has 3 aromatic rings. The van der Waals surface area contributed by atoms with Crippen molar-refractivity contribution in [1.29, 1.82) is 0 Å². The summed E-state index contributed by atoms with van der Waals surface area (Å²) in [6, 6.07) is 15.7. The number of para-hydroxylation sites is 1. The Morgan fingerprint density at radius 3 is 2.45 bits per heavy atom. The average molecular weight is 390 g/mol. The van der Waals surface area contributed by atoms with E-state index in [-0.39, 0.29) is 5.91 Å². The van der Waals surface area contributed by atoms with Crippen molar-refractivity contribution < 1.29 is 4.79 Å². The van der Waals surface area contributed by atoms with Gasteiger partial charge in [0.1, 0.15) is 0 Å². The van der Waals surface area contributed by atoms with Crippen LogP contribution in [0.3, 0.4) is 0 Å². The van der Waals surface area contributed by atoms with Gasteiger partial charge in [-0.1, -0.05) is 36.4 Å². The van der Waals surface area contributed by atoms with Crippen molar-refractivity contribution in [3.63, 3.8) is 0 Å². The van der Waals surface area contributed by atoms with Crippen molar-refractivity contribution in [2.75, 3.05) is 26.2 Å². The van der Waals surface area contributed by atoms with Crippen LogP contribution in [0.5, 0.6) is 0 Å². The lowest BCUT2D eigenvalue weighted by Crippen LogP contribution is -2.35. The van der Waals surface area contributed by atoms with E-state index < -0.39 is 0 Å². The number of benzene rings is 2. The third-order valence-corrected chi connectivity index (χ3v) is 5.45. The summed E-state index contributed by atoms with van der Waals surface area (Å²) in [6.07, 6.45) is 0.934. The highest BCUT2D eigenvalue weighted by Gasteiger charge is 2.22. The zero-order chi connectivity index (χ0) is 20.2. The lowest BCUT2D eigenvalue weighted by atomic mass is 10.1. The average Bonchev–Trinajstić information content (AvgIpc) is 3.04. The smallest absolute Gasteiger partial charge is 0.253 e. The van der Waals surface area contributed by atoms with Gasteiger partial charge in [-0.3, -0.25) is 9.69 Å². The zero-order valence-electron chi connectivity index (χ0n) is 17.0. The van der Waals surface area contributed by atoms with Gasteiger partial charge >= 0.3 is 0 Å². The van der Waals surface area contributed by atoms with Gasteiger partial charge < -0.3 is 4.90 Å². The molecule has 2 aromatic carbocycles. The fourth-order valence-corrected chi connectivity index (χ4v) is 3.91. The first-order chi connectivity index (χ1) is 14.1. The second kappa shape index (κ2) is 8.53. The molecule has 0 spiro atoms. The second-order valence-electron chi connectivity index (χ2n) is 7.54. The zero-order valence-corrected chi connectivity index (χ0v) is 17.0. The Labute approximate surface area is 170 Å². The molecule has 0 N–H and O–H groups in total. The number of carbonyl (C=O) groups is 1. The maximum atomic E-state index is 12.8. The van der Waals surface area contributed by atoms with Gasteiger partial charge in [0.25, 0.3) is 5.91 Å². The van der Waals surface area contributed by atoms with Crippen LogP contribution in [-0.4, -0.2) is 62.1 Å². The molecular weight excluding hydrogens is 364 g/mol. The van der Waals surface area contributed by atoms with Crippen molar-refractivity contribution in [2.45, 2.75) is 26.8 Å². The van der Waals surface area contributed by atoms with Crippen molar-refractivity contribution in [1.82, 2.24) is 30.0 Å². The number of tetrazole rings is 1. The van der Waals surface area contributed by atoms with Gasteiger partial charge in [0.05, 0.1) is 12.2 Å². The third-order valence-electron chi connectivity index (χ3n) is 5.45. The number of carbonyl (C=O) groups excluding carboxylic acids is 1. The summed E-state index contributed by atoms with van der Waals surface area (Å²) in [5.41, 5.74) is 4.09. The van der Waals surface area contributed by atoms with Gasteiger partial charge in [-0.2, -0.15) is 4.68 Å². The molecule has 7 heteroatoms. The molecule has 150 valence electrons. The summed E-state index contributed by atoms with van der Waals surface area (Å²) < 4.78 is 1.85. The predicted molar refractivity (Wildman–Crippen MR) is 111 cm³/mol. The highest BCUT2D eigenvalue weighted by atomic mass is 16.2. The lowest BCUT2D eigenvalue weighted by molar-refractivity contribution is 0.0761. The normalized spacial score (nSPS) is 15.3. The van der Waals surface area contributed by atoms with Crippen LogP contribution in [0.2, 0.25) is 0 Å². The molecule has 0 atom stereocenters. The molecule has 1 aliphatic rings. The molecule has 1 aromatic heterocycles. The molecule has 0 unspecified atom stereocenters. The van der Waals surface area contributed by atoms with E-state index in [1.807, 2.05) is 46.0 Å². The van der Waals surface area contributed by atoms with Crippen LogP contribution < -0.4 is 0 Å². The quantitative estimate of drug-likeness (QED) is 0.685. The Morgan fingerprint density at radius 1 is 0.931 bits per heavy atom. The number of amides is 1. The second-order valence-corrected chi connectivity index (χ2v) is 7.54. The summed E-state index contributed by atoms with van der Waals surface area (Å²) in [5, 5.41) is 12.4. The number of hydrogen-bond donors (Lipinski definition) is 0. The van der Waals surface area contributed by atoms with Crippen molar-refractivity contribution in [3.8, 4) is 5.69 Å². The van der Waals surface area contributed by atoms with E-state index in [0.29, 0.717) is 13.1 Å². The molecular formula is C22H26N6O. The van der Waals surface area contributed by atoms with E-state index in [2.05, 4.69) is 46.4 Å². The van der Waals surface area contributed by atoms with Gasteiger partial charge in [-0.05, 0) is 54.0 Å². The highest BCUT2D eigenvalue weighted by molar-refractivity contribution is 5.94. The minimum absolute atomic E-state index is 0.104. The molecule has 0 radical (unpaired) electrons. The van der Waals surface area contributed by atoms with E-state index in [1.165, 1.54) is 0 Å². The first kappa shape index (κ1) is 19.3. The lowest BCUT2D eigenvalue weighted by Gasteiger charge is -2.22. The Kier molecular flexibility index (Phi) is 5.67. The third kappa shape index (κ3) is 4.19. The number of aromatic nitrogens is 4. The minimum Gasteiger partial charge on any atom is -0.337 e. The van der Waals surface area contributed by atoms with Crippen LogP contribution in [-0.2, 0) is 6.54 Å². The maximum Gasteiger partial charge on any atom is 0.253 e. The number of aryl methyl sites for hydroxylation is 2. The van der Waals surface area contributed by atoms with E-state index in [4.69, 9.17) is 0 Å². The highest BCUT2D eigenvalue weighted by Crippen LogP contribution is 2.19. The van der Waals surface area contributed by atoms with Gasteiger partial charge in [0, 0.05) is 31.7 Å². The number of rotatable bonds is 4. The fraction of sp³-hybridized carbons (Fsp3) is 0.364. The summed E-state index contributed by atoms with van der Waals surface area (Å²) in [5.74, 6) is 0.929. The molecule has 1 saturated heterocycles. The predicted octanol–water partition coefficient (Wildman–Crippen LogP) is 2.63. The molecule has 1 amide bonds. The largest absolute Gasteiger partial charge is 0.337 e. The van der Waals surface area contributed by atoms with E-state index in [9.17, 15) is 4.79 Å². The van der Waals surface area contributed by atoms with Crippen LogP contribution in [0.4, 0.5) is 0 Å². The number of nitrogens with zero attached hydrogens (tertiary/aromatic N) is 6. The maximum absolute atomic E-state index is 12.8. The molecule has 2 heterocycles. The molecule has 0 aliphatic carbocycles. The Balaban J connectivity index is 1.46. The van der Waals surface area contributed by atoms with Crippen molar-refractivity contribution in [2.24, 2.45) is 0 Å². The summed E-state index contributed by atoms with van der Waals surface area (Å²) in [6.45, 7) is 8.01. The van der Waals surface area contributed by atoms with E-state index in [1.54, 1.807) is 0 Å². The summed E-state index contributed by atoms with van der Waals surface area (Å²) >= 11 is 0. The molecule has 4 rings (SSSR count). The first-order valence-corrected chi connectivity index (χ1v) is 10.0. The monoisotopic (exact) mass is 390 g/mol. The van der Waals surface area contributed by atoms with Gasteiger partial charge in [0.15, 0.2) is 5.82 Å². The topological polar surface area (TPSA) is 67.2 Å². The minimum atomic E-state index is 0.104. The molecule has 1 fully saturated rings. The first-order valence-electron chi connectivity index (χ1n) is 10.0. The number of hydrogen-bond acceptors (Lipinski definition) is 5. The van der Waals surface area contributed by atoms with E-state index >= 15 is 0 Å². The molecule has 7 nitrogen and oxygen atoms in total. The Morgan fingerprint density at radius 2 is 1.69 bits per heavy atom. The van der Waals surface area contributed by atoms with Crippen LogP contribution >= 0.6 is 0 Å². The van der Waals surface area contributed by atoms with Crippen LogP contribution in [0.15, 0.2) is 48.5 Å². The Bertz CT molecular complexity index is 964. The molecule has 0 bridgehead atoms. The summed E-state index contributed by atoms with van der Waals surface area (Å²) in [7, 11) is 0. The van der Waals surface area contributed by atoms with Crippen molar-refractivity contribution in [3.05, 3.63) is 71.0 Å². The SMILES string of the molecule is Cc1cccc(C)c1-n1nnnc1CN1CCCN(C(=O)c2ccccc2)CC1. The van der Waals surface area contributed by atoms with Gasteiger partial charge in [-0.25, -0.2) is 0 Å². The van der Waals surface area contributed by atoms with Crippen LogP contribution in [0.1, 0.15) is 33.7 Å². The van der Waals surface area contributed by atoms with Gasteiger partial charge in [-0.15, -0.1) is 5.10 Å². The molecule has 29 heavy (non-hydrogen) atoms. The van der Waals surface area contributed by atoms with Crippen LogP contribution in [0.25, 0.3) is 5.69 Å². The van der Waals surface area contributed by atoms with Gasteiger partial charge in [0.2, 0.25) is 0 Å². The summed E-state index contributed by atoms with van der Waals surface area (Å²) in [4.78, 5) is 17.0. The Hall–Kier alpha value is -3.06. The molecule has 0 saturated carbocycles. The molecule has 1 aliphatic heterocycles. The van der Waals surface area contributed by atoms with Crippen LogP contribution in [0, 0.1) is 13.8 Å². The standard InChI is InChI=1S/C22H26N6O/c1-17-8-6-9-18(2)21(17)28-20(23-24-25-28)16-26-12-7-13-27(15-14-26)22(29)19-10-4-3-5-11-19/h3-6,8-11H,7,12-16H2,1-2H3. The fourth-order valence-electron chi connectivity index (χ4n) is 3.91.